The average Bonchev–Trinajstić information content (AvgIpc) is 2.20. The Labute approximate surface area is 91.9 Å². The van der Waals surface area contributed by atoms with E-state index in [0.29, 0.717) is 17.9 Å². The van der Waals surface area contributed by atoms with Gasteiger partial charge in [0.05, 0.1) is 12.6 Å². The van der Waals surface area contributed by atoms with E-state index in [1.165, 1.54) is 12.8 Å². The summed E-state index contributed by atoms with van der Waals surface area (Å²) in [6.45, 7) is 5.34. The van der Waals surface area contributed by atoms with Gasteiger partial charge < -0.3 is 10.6 Å². The molecular weight excluding hydrogens is 188 g/mol. The van der Waals surface area contributed by atoms with Gasteiger partial charge in [-0.05, 0) is 32.4 Å². The molecule has 4 heteroatoms. The molecule has 1 saturated heterocycles. The molecule has 2 aliphatic rings. The third-order valence-corrected chi connectivity index (χ3v) is 3.84. The lowest BCUT2D eigenvalue weighted by Crippen LogP contribution is -2.51. The fraction of sp³-hybridized carbons (Fsp3) is 1.00. The Morgan fingerprint density at radius 2 is 2.13 bits per heavy atom. The van der Waals surface area contributed by atoms with Crippen LogP contribution in [0.5, 0.6) is 0 Å². The SMILES string of the molecule is CC1CCN=NC1C1CCN(C)CC1N. The molecule has 0 radical (unpaired) electrons. The summed E-state index contributed by atoms with van der Waals surface area (Å²) in [6.07, 6.45) is 2.35. The molecule has 86 valence electrons. The predicted molar refractivity (Wildman–Crippen MR) is 60.9 cm³/mol. The van der Waals surface area contributed by atoms with Crippen LogP contribution in [0.3, 0.4) is 0 Å². The van der Waals surface area contributed by atoms with E-state index in [-0.39, 0.29) is 6.04 Å². The van der Waals surface area contributed by atoms with Gasteiger partial charge in [0.25, 0.3) is 0 Å². The highest BCUT2D eigenvalue weighted by molar-refractivity contribution is 4.92. The van der Waals surface area contributed by atoms with Crippen molar-refractivity contribution in [2.75, 3.05) is 26.7 Å². The molecular formula is C11H22N4. The molecule has 2 aliphatic heterocycles. The van der Waals surface area contributed by atoms with Gasteiger partial charge in [-0.1, -0.05) is 6.92 Å². The van der Waals surface area contributed by atoms with Crippen LogP contribution >= 0.6 is 0 Å². The highest BCUT2D eigenvalue weighted by atomic mass is 15.2. The highest BCUT2D eigenvalue weighted by Gasteiger charge is 2.35. The van der Waals surface area contributed by atoms with Crippen molar-refractivity contribution in [3.05, 3.63) is 0 Å². The zero-order chi connectivity index (χ0) is 10.8. The van der Waals surface area contributed by atoms with Crippen LogP contribution in [0.15, 0.2) is 10.2 Å². The molecule has 0 spiro atoms. The summed E-state index contributed by atoms with van der Waals surface area (Å²) in [5, 5.41) is 8.63. The number of nitrogens with zero attached hydrogens (tertiary/aromatic N) is 3. The van der Waals surface area contributed by atoms with Crippen LogP contribution in [-0.2, 0) is 0 Å². The maximum absolute atomic E-state index is 6.22. The number of hydrogen-bond acceptors (Lipinski definition) is 4. The van der Waals surface area contributed by atoms with E-state index < -0.39 is 0 Å². The third-order valence-electron chi connectivity index (χ3n) is 3.84. The monoisotopic (exact) mass is 210 g/mol. The van der Waals surface area contributed by atoms with Crippen molar-refractivity contribution in [3.8, 4) is 0 Å². The molecule has 1 fully saturated rings. The highest BCUT2D eigenvalue weighted by Crippen LogP contribution is 2.30. The van der Waals surface area contributed by atoms with Crippen LogP contribution in [0.4, 0.5) is 0 Å². The lowest BCUT2D eigenvalue weighted by atomic mass is 9.79. The van der Waals surface area contributed by atoms with Crippen molar-refractivity contribution < 1.29 is 0 Å². The zero-order valence-electron chi connectivity index (χ0n) is 9.76. The Kier molecular flexibility index (Phi) is 3.36. The summed E-state index contributed by atoms with van der Waals surface area (Å²) >= 11 is 0. The molecule has 4 nitrogen and oxygen atoms in total. The summed E-state index contributed by atoms with van der Waals surface area (Å²) in [6, 6.07) is 0.649. The molecule has 0 aromatic carbocycles. The van der Waals surface area contributed by atoms with E-state index in [9.17, 15) is 0 Å². The molecule has 0 aromatic heterocycles. The van der Waals surface area contributed by atoms with Crippen molar-refractivity contribution >= 4 is 0 Å². The number of rotatable bonds is 1. The maximum atomic E-state index is 6.22. The summed E-state index contributed by atoms with van der Waals surface area (Å²) in [7, 11) is 2.14. The second kappa shape index (κ2) is 4.58. The van der Waals surface area contributed by atoms with Gasteiger partial charge in [-0.25, -0.2) is 0 Å². The quantitative estimate of drug-likeness (QED) is 0.705. The van der Waals surface area contributed by atoms with Crippen molar-refractivity contribution in [1.29, 1.82) is 0 Å². The molecule has 2 heterocycles. The first-order valence-electron chi connectivity index (χ1n) is 5.99. The van der Waals surface area contributed by atoms with Gasteiger partial charge >= 0.3 is 0 Å². The number of azo groups is 1. The predicted octanol–water partition coefficient (Wildman–Crippen LogP) is 1.13. The molecule has 0 saturated carbocycles. The number of likely N-dealkylation sites (tertiary alicyclic amines) is 1. The van der Waals surface area contributed by atoms with Gasteiger partial charge in [-0.3, -0.25) is 0 Å². The average molecular weight is 210 g/mol. The van der Waals surface area contributed by atoms with Gasteiger partial charge in [0.15, 0.2) is 0 Å². The van der Waals surface area contributed by atoms with Gasteiger partial charge in [-0.2, -0.15) is 10.2 Å². The van der Waals surface area contributed by atoms with Crippen LogP contribution in [0.1, 0.15) is 19.8 Å². The second-order valence-electron chi connectivity index (χ2n) is 5.12. The first-order chi connectivity index (χ1) is 7.18. The van der Waals surface area contributed by atoms with Crippen LogP contribution in [0.25, 0.3) is 0 Å². The largest absolute Gasteiger partial charge is 0.326 e. The van der Waals surface area contributed by atoms with Crippen molar-refractivity contribution in [2.24, 2.45) is 27.8 Å². The molecule has 2 rings (SSSR count). The van der Waals surface area contributed by atoms with E-state index >= 15 is 0 Å². The van der Waals surface area contributed by atoms with E-state index in [1.807, 2.05) is 0 Å². The van der Waals surface area contributed by atoms with Gasteiger partial charge in [0.1, 0.15) is 0 Å². The molecule has 2 N–H and O–H groups in total. The van der Waals surface area contributed by atoms with Crippen molar-refractivity contribution in [3.63, 3.8) is 0 Å². The Balaban J connectivity index is 2.02. The number of piperidine rings is 1. The molecule has 15 heavy (non-hydrogen) atoms. The maximum Gasteiger partial charge on any atom is 0.0778 e. The molecule has 4 unspecified atom stereocenters. The normalized spacial score (nSPS) is 43.1. The van der Waals surface area contributed by atoms with Crippen LogP contribution in [0.2, 0.25) is 0 Å². The van der Waals surface area contributed by atoms with Gasteiger partial charge in [-0.15, -0.1) is 0 Å². The molecule has 0 bridgehead atoms. The summed E-state index contributed by atoms with van der Waals surface area (Å²) in [4.78, 5) is 2.31. The van der Waals surface area contributed by atoms with E-state index in [0.717, 1.165) is 19.6 Å². The minimum absolute atomic E-state index is 0.272. The minimum Gasteiger partial charge on any atom is -0.326 e. The van der Waals surface area contributed by atoms with E-state index in [2.05, 4.69) is 29.1 Å². The van der Waals surface area contributed by atoms with Gasteiger partial charge in [0.2, 0.25) is 0 Å². The molecule has 0 amide bonds. The molecule has 0 aliphatic carbocycles. The first kappa shape index (κ1) is 11.0. The topological polar surface area (TPSA) is 54.0 Å². The summed E-state index contributed by atoms with van der Waals surface area (Å²) in [5.41, 5.74) is 6.22. The lowest BCUT2D eigenvalue weighted by Gasteiger charge is -2.39. The molecule has 4 atom stereocenters. The second-order valence-corrected chi connectivity index (χ2v) is 5.12. The van der Waals surface area contributed by atoms with Gasteiger partial charge in [0, 0.05) is 18.5 Å². The van der Waals surface area contributed by atoms with Crippen molar-refractivity contribution in [1.82, 2.24) is 4.90 Å². The fourth-order valence-electron chi connectivity index (χ4n) is 2.80. The van der Waals surface area contributed by atoms with Crippen molar-refractivity contribution in [2.45, 2.75) is 31.8 Å². The number of hydrogen-bond donors (Lipinski definition) is 1. The summed E-state index contributed by atoms with van der Waals surface area (Å²) in [5.74, 6) is 1.20. The molecule has 0 aromatic rings. The number of likely N-dealkylation sites (N-methyl/N-ethyl adjacent to an activating group) is 1. The van der Waals surface area contributed by atoms with Crippen LogP contribution in [0, 0.1) is 11.8 Å². The Morgan fingerprint density at radius 3 is 2.80 bits per heavy atom. The van der Waals surface area contributed by atoms with Crippen LogP contribution in [-0.4, -0.2) is 43.7 Å². The smallest absolute Gasteiger partial charge is 0.0778 e. The minimum atomic E-state index is 0.272. The Bertz CT molecular complexity index is 241. The Hall–Kier alpha value is -0.480. The first-order valence-corrected chi connectivity index (χ1v) is 5.99. The number of nitrogens with two attached hydrogens (primary N) is 1. The van der Waals surface area contributed by atoms with E-state index in [4.69, 9.17) is 5.73 Å². The van der Waals surface area contributed by atoms with Crippen LogP contribution < -0.4 is 5.73 Å². The zero-order valence-corrected chi connectivity index (χ0v) is 9.76. The Morgan fingerprint density at radius 1 is 1.33 bits per heavy atom. The third kappa shape index (κ3) is 2.37. The van der Waals surface area contributed by atoms with E-state index in [1.54, 1.807) is 0 Å². The fourth-order valence-corrected chi connectivity index (χ4v) is 2.80. The standard InChI is InChI=1S/C11H22N4/c1-8-3-5-13-14-11(8)9-4-6-15(2)7-10(9)12/h8-11H,3-7,12H2,1-2H3. The summed E-state index contributed by atoms with van der Waals surface area (Å²) < 4.78 is 0. The lowest BCUT2D eigenvalue weighted by molar-refractivity contribution is 0.142.